The summed E-state index contributed by atoms with van der Waals surface area (Å²) >= 11 is 0. The molecule has 26 heavy (non-hydrogen) atoms. The first-order valence-corrected chi connectivity index (χ1v) is 9.12. The molecule has 3 atom stereocenters. The number of amides is 2. The zero-order valence-electron chi connectivity index (χ0n) is 15.2. The molecule has 1 aromatic rings. The molecule has 1 fully saturated rings. The molecule has 2 N–H and O–H groups in total. The van der Waals surface area contributed by atoms with Crippen LogP contribution in [-0.4, -0.2) is 36.0 Å². The van der Waals surface area contributed by atoms with E-state index in [0.29, 0.717) is 18.5 Å². The molecule has 0 radical (unpaired) electrons. The van der Waals surface area contributed by atoms with Gasteiger partial charge in [-0.15, -0.1) is 0 Å². The lowest BCUT2D eigenvalue weighted by Gasteiger charge is -2.28. The SMILES string of the molecule is CCCC1=NO[C@H]2C[C@@](NC(=O)Nc3ccccc3)(C(=O)OCC)C[C@@H]12. The Morgan fingerprint density at radius 1 is 1.27 bits per heavy atom. The number of nitrogens with zero attached hydrogens (tertiary/aromatic N) is 1. The van der Waals surface area contributed by atoms with Crippen LogP contribution in [0.25, 0.3) is 0 Å². The van der Waals surface area contributed by atoms with Gasteiger partial charge in [0.1, 0.15) is 11.6 Å². The lowest BCUT2D eigenvalue weighted by Crippen LogP contribution is -2.55. The Morgan fingerprint density at radius 3 is 2.73 bits per heavy atom. The Labute approximate surface area is 153 Å². The maximum Gasteiger partial charge on any atom is 0.332 e. The normalized spacial score (nSPS) is 26.5. The molecule has 0 saturated heterocycles. The van der Waals surface area contributed by atoms with Crippen molar-refractivity contribution in [3.05, 3.63) is 30.3 Å². The van der Waals surface area contributed by atoms with Crippen LogP contribution in [0, 0.1) is 5.92 Å². The fourth-order valence-corrected chi connectivity index (χ4v) is 3.70. The van der Waals surface area contributed by atoms with Gasteiger partial charge in [-0.3, -0.25) is 0 Å². The number of urea groups is 1. The number of hydrogen-bond acceptors (Lipinski definition) is 5. The number of hydrogen-bond donors (Lipinski definition) is 2. The molecule has 2 aliphatic rings. The van der Waals surface area contributed by atoms with Crippen molar-refractivity contribution in [2.45, 2.75) is 51.2 Å². The molecule has 1 aliphatic carbocycles. The van der Waals surface area contributed by atoms with E-state index < -0.39 is 17.5 Å². The second-order valence-corrected chi connectivity index (χ2v) is 6.74. The average Bonchev–Trinajstić information content (AvgIpc) is 3.15. The Kier molecular flexibility index (Phi) is 5.44. The summed E-state index contributed by atoms with van der Waals surface area (Å²) in [7, 11) is 0. The van der Waals surface area contributed by atoms with Gasteiger partial charge in [0, 0.05) is 18.0 Å². The van der Waals surface area contributed by atoms with Crippen molar-refractivity contribution < 1.29 is 19.2 Å². The van der Waals surface area contributed by atoms with Gasteiger partial charge in [-0.2, -0.15) is 0 Å². The number of para-hydroxylation sites is 1. The van der Waals surface area contributed by atoms with E-state index in [-0.39, 0.29) is 18.6 Å². The summed E-state index contributed by atoms with van der Waals surface area (Å²) in [5.41, 5.74) is 0.528. The first-order valence-electron chi connectivity index (χ1n) is 9.12. The first-order chi connectivity index (χ1) is 12.6. The van der Waals surface area contributed by atoms with Crippen LogP contribution >= 0.6 is 0 Å². The highest BCUT2D eigenvalue weighted by Gasteiger charge is 2.56. The molecule has 1 heterocycles. The maximum absolute atomic E-state index is 12.7. The molecule has 7 heteroatoms. The van der Waals surface area contributed by atoms with Crippen LogP contribution < -0.4 is 10.6 Å². The highest BCUT2D eigenvalue weighted by molar-refractivity contribution is 5.96. The molecule has 0 bridgehead atoms. The topological polar surface area (TPSA) is 89.0 Å². The highest BCUT2D eigenvalue weighted by Crippen LogP contribution is 2.42. The molecule has 1 aromatic carbocycles. The van der Waals surface area contributed by atoms with E-state index in [4.69, 9.17) is 9.57 Å². The van der Waals surface area contributed by atoms with Crippen LogP contribution in [0.4, 0.5) is 10.5 Å². The molecule has 1 aliphatic heterocycles. The Balaban J connectivity index is 1.75. The Hall–Kier alpha value is -2.57. The van der Waals surface area contributed by atoms with Crippen molar-refractivity contribution in [3.63, 3.8) is 0 Å². The third-order valence-electron chi connectivity index (χ3n) is 4.86. The Bertz CT molecular complexity index is 691. The van der Waals surface area contributed by atoms with Gasteiger partial charge in [0.15, 0.2) is 0 Å². The van der Waals surface area contributed by atoms with E-state index in [2.05, 4.69) is 22.7 Å². The van der Waals surface area contributed by atoms with Crippen LogP contribution in [0.2, 0.25) is 0 Å². The second kappa shape index (κ2) is 7.76. The van der Waals surface area contributed by atoms with E-state index >= 15 is 0 Å². The van der Waals surface area contributed by atoms with Crippen molar-refractivity contribution in [3.8, 4) is 0 Å². The van der Waals surface area contributed by atoms with Gasteiger partial charge in [-0.25, -0.2) is 9.59 Å². The van der Waals surface area contributed by atoms with Crippen LogP contribution in [0.1, 0.15) is 39.5 Å². The number of oxime groups is 1. The van der Waals surface area contributed by atoms with Gasteiger partial charge in [-0.1, -0.05) is 36.7 Å². The summed E-state index contributed by atoms with van der Waals surface area (Å²) in [6.07, 6.45) is 2.39. The predicted octanol–water partition coefficient (Wildman–Crippen LogP) is 3.07. The zero-order chi connectivity index (χ0) is 18.6. The number of anilines is 1. The number of benzene rings is 1. The molecule has 140 valence electrons. The zero-order valence-corrected chi connectivity index (χ0v) is 15.2. The van der Waals surface area contributed by atoms with Crippen LogP contribution in [0.5, 0.6) is 0 Å². The van der Waals surface area contributed by atoms with E-state index in [1.807, 2.05) is 18.2 Å². The summed E-state index contributed by atoms with van der Waals surface area (Å²) in [6, 6.07) is 8.67. The van der Waals surface area contributed by atoms with E-state index in [1.165, 1.54) is 0 Å². The molecular weight excluding hydrogens is 334 g/mol. The monoisotopic (exact) mass is 359 g/mol. The summed E-state index contributed by atoms with van der Waals surface area (Å²) in [5, 5.41) is 9.78. The van der Waals surface area contributed by atoms with E-state index in [0.717, 1.165) is 18.6 Å². The number of esters is 1. The minimum atomic E-state index is -1.10. The molecule has 1 saturated carbocycles. The highest BCUT2D eigenvalue weighted by atomic mass is 16.6. The van der Waals surface area contributed by atoms with E-state index in [9.17, 15) is 9.59 Å². The largest absolute Gasteiger partial charge is 0.464 e. The first kappa shape index (κ1) is 18.2. The maximum atomic E-state index is 12.7. The molecule has 0 aromatic heterocycles. The molecule has 3 rings (SSSR count). The molecule has 7 nitrogen and oxygen atoms in total. The van der Waals surface area contributed by atoms with Crippen molar-refractivity contribution >= 4 is 23.4 Å². The molecular formula is C19H25N3O4. The van der Waals surface area contributed by atoms with Crippen molar-refractivity contribution in [2.75, 3.05) is 11.9 Å². The molecule has 0 unspecified atom stereocenters. The lowest BCUT2D eigenvalue weighted by atomic mass is 9.92. The molecule has 2 amide bonds. The number of rotatable bonds is 6. The van der Waals surface area contributed by atoms with Gasteiger partial charge >= 0.3 is 12.0 Å². The quantitative estimate of drug-likeness (QED) is 0.764. The van der Waals surface area contributed by atoms with Gasteiger partial charge < -0.3 is 20.2 Å². The third kappa shape index (κ3) is 3.66. The second-order valence-electron chi connectivity index (χ2n) is 6.74. The van der Waals surface area contributed by atoms with Crippen molar-refractivity contribution in [2.24, 2.45) is 11.1 Å². The van der Waals surface area contributed by atoms with E-state index in [1.54, 1.807) is 19.1 Å². The average molecular weight is 359 g/mol. The minimum absolute atomic E-state index is 0.0383. The van der Waals surface area contributed by atoms with Gasteiger partial charge in [0.2, 0.25) is 0 Å². The number of ether oxygens (including phenoxy) is 1. The van der Waals surface area contributed by atoms with Crippen molar-refractivity contribution in [1.82, 2.24) is 5.32 Å². The standard InChI is InChI=1S/C19H25N3O4/c1-3-8-15-14-11-19(17(23)25-4-2,12-16(14)26-22-15)21-18(24)20-13-9-6-5-7-10-13/h5-7,9-10,14,16H,3-4,8,11-12H2,1-2H3,(H2,20,21,24)/t14-,16-,19+/m0/s1. The smallest absolute Gasteiger partial charge is 0.332 e. The summed E-state index contributed by atoms with van der Waals surface area (Å²) < 4.78 is 5.26. The lowest BCUT2D eigenvalue weighted by molar-refractivity contribution is -0.151. The molecule has 0 spiro atoms. The van der Waals surface area contributed by atoms with Crippen LogP contribution in [0.3, 0.4) is 0 Å². The van der Waals surface area contributed by atoms with Crippen molar-refractivity contribution in [1.29, 1.82) is 0 Å². The predicted molar refractivity (Wildman–Crippen MR) is 97.9 cm³/mol. The number of nitrogens with one attached hydrogen (secondary N) is 2. The summed E-state index contributed by atoms with van der Waals surface area (Å²) in [6.45, 7) is 4.09. The number of carbonyl (C=O) groups excluding carboxylic acids is 2. The van der Waals surface area contributed by atoms with Gasteiger partial charge in [-0.05, 0) is 31.9 Å². The Morgan fingerprint density at radius 2 is 2.04 bits per heavy atom. The summed E-state index contributed by atoms with van der Waals surface area (Å²) in [5.74, 6) is -0.381. The minimum Gasteiger partial charge on any atom is -0.464 e. The van der Waals surface area contributed by atoms with Gasteiger partial charge in [0.25, 0.3) is 0 Å². The van der Waals surface area contributed by atoms with Gasteiger partial charge in [0.05, 0.1) is 12.3 Å². The summed E-state index contributed by atoms with van der Waals surface area (Å²) in [4.78, 5) is 30.7. The fourth-order valence-electron chi connectivity index (χ4n) is 3.70. The van der Waals surface area contributed by atoms with Crippen LogP contribution in [0.15, 0.2) is 35.5 Å². The fraction of sp³-hybridized carbons (Fsp3) is 0.526. The van der Waals surface area contributed by atoms with Crippen LogP contribution in [-0.2, 0) is 14.4 Å². The third-order valence-corrected chi connectivity index (χ3v) is 4.86. The number of carbonyl (C=O) groups is 2. The number of fused-ring (bicyclic) bond motifs is 1.